The number of imide groups is 1. The first-order valence-corrected chi connectivity index (χ1v) is 7.71. The Morgan fingerprint density at radius 3 is 2.80 bits per heavy atom. The third-order valence-electron chi connectivity index (χ3n) is 3.73. The maximum absolute atomic E-state index is 12.4. The number of nitrogens with zero attached hydrogens (tertiary/aromatic N) is 1. The molecule has 1 saturated heterocycles. The second-order valence-electron chi connectivity index (χ2n) is 5.16. The van der Waals surface area contributed by atoms with Gasteiger partial charge in [0.25, 0.3) is 0 Å². The topological polar surface area (TPSA) is 63.4 Å². The Hall–Kier alpha value is -1.49. The molecule has 2 rings (SSSR count). The summed E-state index contributed by atoms with van der Waals surface area (Å²) in [6.45, 7) is 5.82. The number of carbonyl (C=O) groups excluding carboxylic acids is 2. The summed E-state index contributed by atoms with van der Waals surface area (Å²) in [6, 6.07) is 5.72. The Morgan fingerprint density at radius 1 is 1.45 bits per heavy atom. The second-order valence-corrected chi connectivity index (χ2v) is 6.40. The van der Waals surface area contributed by atoms with Gasteiger partial charge in [-0.05, 0) is 31.9 Å². The zero-order valence-electron chi connectivity index (χ0n) is 12.1. The van der Waals surface area contributed by atoms with E-state index in [2.05, 4.69) is 0 Å². The first-order valence-electron chi connectivity index (χ1n) is 6.83. The summed E-state index contributed by atoms with van der Waals surface area (Å²) in [5, 5.41) is -0.347. The van der Waals surface area contributed by atoms with E-state index in [1.807, 2.05) is 39.0 Å². The van der Waals surface area contributed by atoms with Crippen molar-refractivity contribution < 1.29 is 9.59 Å². The second kappa shape index (κ2) is 5.87. The average molecular weight is 292 g/mol. The van der Waals surface area contributed by atoms with Crippen molar-refractivity contribution >= 4 is 29.3 Å². The lowest BCUT2D eigenvalue weighted by atomic mass is 10.2. The Bertz CT molecular complexity index is 545. The molecule has 5 heteroatoms. The van der Waals surface area contributed by atoms with Gasteiger partial charge < -0.3 is 5.73 Å². The fourth-order valence-electron chi connectivity index (χ4n) is 2.27. The van der Waals surface area contributed by atoms with E-state index >= 15 is 0 Å². The van der Waals surface area contributed by atoms with Crippen LogP contribution in [-0.2, 0) is 9.59 Å². The van der Waals surface area contributed by atoms with Gasteiger partial charge in [-0.15, -0.1) is 11.8 Å². The molecule has 0 aromatic heterocycles. The maximum Gasteiger partial charge on any atom is 0.243 e. The van der Waals surface area contributed by atoms with Crippen molar-refractivity contribution in [3.63, 3.8) is 0 Å². The summed E-state index contributed by atoms with van der Waals surface area (Å²) in [5.41, 5.74) is 7.72. The predicted octanol–water partition coefficient (Wildman–Crippen LogP) is 2.60. The van der Waals surface area contributed by atoms with Gasteiger partial charge in [-0.25, -0.2) is 0 Å². The quantitative estimate of drug-likeness (QED) is 0.684. The zero-order valence-corrected chi connectivity index (χ0v) is 12.9. The minimum atomic E-state index is -0.347. The number of carbonyl (C=O) groups is 2. The van der Waals surface area contributed by atoms with Crippen molar-refractivity contribution in [3.05, 3.63) is 23.8 Å². The van der Waals surface area contributed by atoms with Crippen LogP contribution >= 0.6 is 11.8 Å². The summed E-state index contributed by atoms with van der Waals surface area (Å²) in [5.74, 6) is -0.164. The van der Waals surface area contributed by atoms with Gasteiger partial charge in [-0.2, -0.15) is 0 Å². The van der Waals surface area contributed by atoms with Crippen LogP contribution in [0.2, 0.25) is 0 Å². The molecule has 20 heavy (non-hydrogen) atoms. The first kappa shape index (κ1) is 14.9. The molecule has 2 N–H and O–H groups in total. The van der Waals surface area contributed by atoms with Crippen LogP contribution in [0, 0.1) is 6.92 Å². The number of hydrogen-bond acceptors (Lipinski definition) is 4. The molecule has 2 unspecified atom stereocenters. The molecule has 2 amide bonds. The van der Waals surface area contributed by atoms with E-state index < -0.39 is 0 Å². The van der Waals surface area contributed by atoms with E-state index in [1.54, 1.807) is 0 Å². The smallest absolute Gasteiger partial charge is 0.243 e. The molecule has 2 atom stereocenters. The van der Waals surface area contributed by atoms with Crippen LogP contribution in [0.25, 0.3) is 0 Å². The lowest BCUT2D eigenvalue weighted by molar-refractivity contribution is -0.140. The molecule has 0 spiro atoms. The summed E-state index contributed by atoms with van der Waals surface area (Å²) in [4.78, 5) is 26.6. The first-order chi connectivity index (χ1) is 9.45. The Balaban J connectivity index is 2.17. The van der Waals surface area contributed by atoms with Gasteiger partial charge in [0, 0.05) is 23.0 Å². The number of hydrogen-bond donors (Lipinski definition) is 1. The standard InChI is InChI=1S/C15H20N2O2S/c1-4-10(3)17-13(18)8-12(15(17)19)20-11-7-5-6-9(2)14(11)16/h5-7,10,12H,4,8,16H2,1-3H3. The third kappa shape index (κ3) is 2.68. The van der Waals surface area contributed by atoms with Crippen molar-refractivity contribution in [2.75, 3.05) is 5.73 Å². The number of benzene rings is 1. The van der Waals surface area contributed by atoms with Gasteiger partial charge in [0.15, 0.2) is 0 Å². The van der Waals surface area contributed by atoms with Gasteiger partial charge >= 0.3 is 0 Å². The average Bonchev–Trinajstić information content (AvgIpc) is 2.69. The molecule has 1 aliphatic rings. The number of rotatable bonds is 4. The van der Waals surface area contributed by atoms with Gasteiger partial charge in [0.05, 0.1) is 5.25 Å². The minimum Gasteiger partial charge on any atom is -0.398 e. The predicted molar refractivity (Wildman–Crippen MR) is 81.5 cm³/mol. The van der Waals surface area contributed by atoms with Crippen molar-refractivity contribution in [3.8, 4) is 0 Å². The van der Waals surface area contributed by atoms with E-state index in [9.17, 15) is 9.59 Å². The summed E-state index contributed by atoms with van der Waals surface area (Å²) in [6.07, 6.45) is 1.04. The molecular weight excluding hydrogens is 272 g/mol. The SMILES string of the molecule is CCC(C)N1C(=O)CC(Sc2cccc(C)c2N)C1=O. The van der Waals surface area contributed by atoms with Crippen LogP contribution < -0.4 is 5.73 Å². The van der Waals surface area contributed by atoms with E-state index in [1.165, 1.54) is 16.7 Å². The lowest BCUT2D eigenvalue weighted by Gasteiger charge is -2.21. The molecule has 0 bridgehead atoms. The molecular formula is C15H20N2O2S. The van der Waals surface area contributed by atoms with Crippen molar-refractivity contribution in [2.45, 2.75) is 49.8 Å². The van der Waals surface area contributed by atoms with Crippen molar-refractivity contribution in [1.29, 1.82) is 0 Å². The highest BCUT2D eigenvalue weighted by molar-refractivity contribution is 8.00. The summed E-state index contributed by atoms with van der Waals surface area (Å²) < 4.78 is 0. The highest BCUT2D eigenvalue weighted by Crippen LogP contribution is 2.36. The number of likely N-dealkylation sites (tertiary alicyclic amines) is 1. The zero-order chi connectivity index (χ0) is 14.9. The Labute approximate surface area is 123 Å². The van der Waals surface area contributed by atoms with Crippen LogP contribution in [0.5, 0.6) is 0 Å². The third-order valence-corrected chi connectivity index (χ3v) is 4.99. The van der Waals surface area contributed by atoms with E-state index in [0.29, 0.717) is 5.69 Å². The number of para-hydroxylation sites is 1. The van der Waals surface area contributed by atoms with Gasteiger partial charge in [0.1, 0.15) is 0 Å². The molecule has 4 nitrogen and oxygen atoms in total. The summed E-state index contributed by atoms with van der Waals surface area (Å²) >= 11 is 1.40. The highest BCUT2D eigenvalue weighted by atomic mass is 32.2. The van der Waals surface area contributed by atoms with E-state index in [0.717, 1.165) is 16.9 Å². The van der Waals surface area contributed by atoms with Crippen LogP contribution in [-0.4, -0.2) is 28.0 Å². The maximum atomic E-state index is 12.4. The van der Waals surface area contributed by atoms with E-state index in [-0.39, 0.29) is 29.5 Å². The molecule has 0 radical (unpaired) electrons. The molecule has 1 aromatic carbocycles. The monoisotopic (exact) mass is 292 g/mol. The number of nitrogens with two attached hydrogens (primary N) is 1. The number of aryl methyl sites for hydroxylation is 1. The molecule has 0 saturated carbocycles. The molecule has 1 aliphatic heterocycles. The number of anilines is 1. The lowest BCUT2D eigenvalue weighted by Crippen LogP contribution is -2.38. The van der Waals surface area contributed by atoms with Crippen molar-refractivity contribution in [2.24, 2.45) is 0 Å². The fourth-order valence-corrected chi connectivity index (χ4v) is 3.46. The van der Waals surface area contributed by atoms with Gasteiger partial charge in [-0.1, -0.05) is 19.1 Å². The molecule has 1 aromatic rings. The highest BCUT2D eigenvalue weighted by Gasteiger charge is 2.41. The van der Waals surface area contributed by atoms with Crippen molar-refractivity contribution in [1.82, 2.24) is 4.90 Å². The van der Waals surface area contributed by atoms with Crippen LogP contribution in [0.15, 0.2) is 23.1 Å². The molecule has 0 aliphatic carbocycles. The molecule has 1 fully saturated rings. The van der Waals surface area contributed by atoms with Crippen LogP contribution in [0.3, 0.4) is 0 Å². The minimum absolute atomic E-state index is 0.0320. The molecule has 108 valence electrons. The van der Waals surface area contributed by atoms with Gasteiger partial charge in [0.2, 0.25) is 11.8 Å². The summed E-state index contributed by atoms with van der Waals surface area (Å²) in [7, 11) is 0. The van der Waals surface area contributed by atoms with Gasteiger partial charge in [-0.3, -0.25) is 14.5 Å². The largest absolute Gasteiger partial charge is 0.398 e. The van der Waals surface area contributed by atoms with E-state index in [4.69, 9.17) is 5.73 Å². The number of amides is 2. The van der Waals surface area contributed by atoms with Crippen LogP contribution in [0.4, 0.5) is 5.69 Å². The normalized spacial score (nSPS) is 20.6. The number of nitrogen functional groups attached to an aromatic ring is 1. The fraction of sp³-hybridized carbons (Fsp3) is 0.467. The van der Waals surface area contributed by atoms with Crippen LogP contribution in [0.1, 0.15) is 32.3 Å². The number of thioether (sulfide) groups is 1. The Morgan fingerprint density at radius 2 is 2.15 bits per heavy atom. The Kier molecular flexibility index (Phi) is 4.38. The molecule has 1 heterocycles.